The molecule has 0 spiro atoms. The number of carbonyl (C=O) groups is 2. The SMILES string of the molecule is Cc1ccc(N(C(=O)COc2cccc3c2OC(C)(C)C3)c2nc(C)cs2)nn1.Cc1csc(N(C(=O)COc2cccc3c2OC(C)(C)C3)c2ccncc2)n1. The van der Waals surface area contributed by atoms with E-state index in [-0.39, 0.29) is 36.2 Å². The summed E-state index contributed by atoms with van der Waals surface area (Å²) < 4.78 is 23.8. The maximum absolute atomic E-state index is 13.1. The number of fused-ring (bicyclic) bond motifs is 2. The Labute approximate surface area is 339 Å². The lowest BCUT2D eigenvalue weighted by atomic mass is 10.0. The van der Waals surface area contributed by atoms with Crippen LogP contribution in [0.15, 0.2) is 83.8 Å². The highest BCUT2D eigenvalue weighted by atomic mass is 32.1. The predicted molar refractivity (Wildman–Crippen MR) is 220 cm³/mol. The molecule has 0 unspecified atom stereocenters. The number of ether oxygens (including phenoxy) is 4. The number of nitrogens with zero attached hydrogens (tertiary/aromatic N) is 7. The minimum Gasteiger partial charge on any atom is -0.483 e. The van der Waals surface area contributed by atoms with Gasteiger partial charge in [0.15, 0.2) is 52.3 Å². The van der Waals surface area contributed by atoms with Gasteiger partial charge in [-0.25, -0.2) is 14.9 Å². The van der Waals surface area contributed by atoms with Crippen molar-refractivity contribution in [3.63, 3.8) is 0 Å². The van der Waals surface area contributed by atoms with Gasteiger partial charge < -0.3 is 18.9 Å². The number of para-hydroxylation sites is 2. The minimum absolute atomic E-state index is 0.124. The smallest absolute Gasteiger partial charge is 0.272 e. The van der Waals surface area contributed by atoms with E-state index in [1.54, 1.807) is 35.5 Å². The molecule has 15 heteroatoms. The van der Waals surface area contributed by atoms with Crippen molar-refractivity contribution >= 4 is 56.3 Å². The zero-order valence-corrected chi connectivity index (χ0v) is 34.4. The third kappa shape index (κ3) is 9.21. The summed E-state index contributed by atoms with van der Waals surface area (Å²) in [5, 5.41) is 13.2. The van der Waals surface area contributed by atoms with Crippen LogP contribution >= 0.6 is 22.7 Å². The summed E-state index contributed by atoms with van der Waals surface area (Å²) in [5.41, 5.74) is 4.79. The molecule has 6 aromatic rings. The minimum atomic E-state index is -0.285. The molecule has 2 aliphatic heterocycles. The Hall–Kier alpha value is -5.93. The number of aryl methyl sites for hydroxylation is 3. The van der Waals surface area contributed by atoms with Crippen molar-refractivity contribution < 1.29 is 28.5 Å². The van der Waals surface area contributed by atoms with Gasteiger partial charge in [-0.3, -0.25) is 19.5 Å². The molecule has 0 radical (unpaired) electrons. The van der Waals surface area contributed by atoms with Crippen molar-refractivity contribution in [3.05, 3.63) is 112 Å². The Balaban J connectivity index is 0.000000174. The fourth-order valence-electron chi connectivity index (χ4n) is 6.40. The zero-order valence-electron chi connectivity index (χ0n) is 32.8. The average Bonchev–Trinajstić information content (AvgIpc) is 3.95. The molecule has 0 saturated carbocycles. The average molecular weight is 806 g/mol. The Morgan fingerprint density at radius 1 is 0.667 bits per heavy atom. The van der Waals surface area contributed by atoms with Gasteiger partial charge in [0.05, 0.1) is 22.8 Å². The van der Waals surface area contributed by atoms with Gasteiger partial charge in [0.25, 0.3) is 11.8 Å². The molecule has 0 bridgehead atoms. The van der Waals surface area contributed by atoms with Crippen LogP contribution in [0, 0.1) is 20.8 Å². The van der Waals surface area contributed by atoms with Crippen LogP contribution in [0.1, 0.15) is 55.9 Å². The highest BCUT2D eigenvalue weighted by molar-refractivity contribution is 7.14. The normalized spacial score (nSPS) is 14.2. The molecule has 2 amide bonds. The van der Waals surface area contributed by atoms with Gasteiger partial charge in [0.2, 0.25) is 0 Å². The number of amides is 2. The summed E-state index contributed by atoms with van der Waals surface area (Å²) >= 11 is 2.79. The lowest BCUT2D eigenvalue weighted by Crippen LogP contribution is -2.32. The van der Waals surface area contributed by atoms with Crippen LogP contribution in [0.2, 0.25) is 0 Å². The first-order valence-electron chi connectivity index (χ1n) is 18.3. The van der Waals surface area contributed by atoms with E-state index in [9.17, 15) is 9.59 Å². The summed E-state index contributed by atoms with van der Waals surface area (Å²) in [6, 6.07) is 18.7. The molecule has 4 aromatic heterocycles. The molecular formula is C42H43N7O6S2. The number of hydrogen-bond donors (Lipinski definition) is 0. The number of aromatic nitrogens is 5. The topological polar surface area (TPSA) is 142 Å². The van der Waals surface area contributed by atoms with Crippen LogP contribution < -0.4 is 28.7 Å². The quantitative estimate of drug-likeness (QED) is 0.132. The van der Waals surface area contributed by atoms with Crippen molar-refractivity contribution in [1.82, 2.24) is 25.1 Å². The van der Waals surface area contributed by atoms with Crippen LogP contribution in [-0.2, 0) is 22.4 Å². The summed E-state index contributed by atoms with van der Waals surface area (Å²) in [7, 11) is 0. The number of thiazole rings is 2. The first-order valence-corrected chi connectivity index (χ1v) is 20.1. The van der Waals surface area contributed by atoms with Crippen molar-refractivity contribution in [3.8, 4) is 23.0 Å². The Morgan fingerprint density at radius 2 is 1.18 bits per heavy atom. The zero-order chi connectivity index (χ0) is 40.3. The number of rotatable bonds is 10. The number of pyridine rings is 1. The highest BCUT2D eigenvalue weighted by Crippen LogP contribution is 2.43. The third-order valence-electron chi connectivity index (χ3n) is 8.84. The lowest BCUT2D eigenvalue weighted by Gasteiger charge is -2.21. The molecular weight excluding hydrogens is 763 g/mol. The molecule has 2 aliphatic rings. The van der Waals surface area contributed by atoms with Gasteiger partial charge in [-0.15, -0.1) is 27.8 Å². The van der Waals surface area contributed by atoms with Crippen LogP contribution in [0.3, 0.4) is 0 Å². The standard InChI is InChI=1S/C21H22N4O3S.C21H21N3O3S/c1-13-8-9-17(24-23-13)25(20-22-14(2)12-29-20)18(26)11-27-16-7-5-6-15-10-21(3,4)28-19(15)16;1-14-13-28-20(23-14)24(16-7-9-22-10-8-16)18(25)12-26-17-6-4-5-15-11-21(2,3)27-19(15)17/h5-9,12H,10-11H2,1-4H3;4-10,13H,11-12H2,1-3H3. The summed E-state index contributed by atoms with van der Waals surface area (Å²) in [4.78, 5) is 42.1. The van der Waals surface area contributed by atoms with Gasteiger partial charge in [-0.2, -0.15) is 5.10 Å². The monoisotopic (exact) mass is 805 g/mol. The highest BCUT2D eigenvalue weighted by Gasteiger charge is 2.34. The third-order valence-corrected chi connectivity index (χ3v) is 10.7. The van der Waals surface area contributed by atoms with Crippen LogP contribution in [0.4, 0.5) is 21.8 Å². The second kappa shape index (κ2) is 16.3. The van der Waals surface area contributed by atoms with E-state index in [0.29, 0.717) is 39.0 Å². The molecule has 13 nitrogen and oxygen atoms in total. The first kappa shape index (κ1) is 39.3. The van der Waals surface area contributed by atoms with Crippen molar-refractivity contribution in [2.75, 3.05) is 23.0 Å². The molecule has 0 atom stereocenters. The second-order valence-corrected chi connectivity index (χ2v) is 16.6. The number of anilines is 4. The molecule has 0 saturated heterocycles. The molecule has 294 valence electrons. The van der Waals surface area contributed by atoms with E-state index in [1.165, 1.54) is 27.6 Å². The maximum Gasteiger partial charge on any atom is 0.272 e. The summed E-state index contributed by atoms with van der Waals surface area (Å²) in [6.07, 6.45) is 4.92. The van der Waals surface area contributed by atoms with Crippen molar-refractivity contribution in [1.29, 1.82) is 0 Å². The fraction of sp³-hybridized carbons (Fsp3) is 0.310. The Kier molecular flexibility index (Phi) is 11.2. The predicted octanol–water partition coefficient (Wildman–Crippen LogP) is 8.31. The largest absolute Gasteiger partial charge is 0.483 e. The van der Waals surface area contributed by atoms with Crippen LogP contribution in [0.25, 0.3) is 0 Å². The molecule has 2 aromatic carbocycles. The molecule has 6 heterocycles. The Morgan fingerprint density at radius 3 is 1.65 bits per heavy atom. The first-order chi connectivity index (χ1) is 27.2. The number of benzene rings is 2. The van der Waals surface area contributed by atoms with Gasteiger partial charge >= 0.3 is 0 Å². The molecule has 0 N–H and O–H groups in total. The van der Waals surface area contributed by atoms with E-state index >= 15 is 0 Å². The van der Waals surface area contributed by atoms with E-state index < -0.39 is 0 Å². The van der Waals surface area contributed by atoms with Crippen LogP contribution in [0.5, 0.6) is 23.0 Å². The van der Waals surface area contributed by atoms with Gasteiger partial charge in [0, 0.05) is 47.1 Å². The number of carbonyl (C=O) groups excluding carboxylic acids is 2. The molecule has 0 fully saturated rings. The molecule has 0 aliphatic carbocycles. The summed E-state index contributed by atoms with van der Waals surface area (Å²) in [6.45, 7) is 13.5. The van der Waals surface area contributed by atoms with E-state index in [0.717, 1.165) is 46.8 Å². The van der Waals surface area contributed by atoms with Gasteiger partial charge in [-0.1, -0.05) is 24.3 Å². The van der Waals surface area contributed by atoms with Gasteiger partial charge in [0.1, 0.15) is 11.2 Å². The van der Waals surface area contributed by atoms with E-state index in [4.69, 9.17) is 18.9 Å². The fourth-order valence-corrected chi connectivity index (χ4v) is 8.06. The van der Waals surface area contributed by atoms with Crippen LogP contribution in [-0.4, -0.2) is 61.4 Å². The van der Waals surface area contributed by atoms with Crippen molar-refractivity contribution in [2.45, 2.75) is 72.5 Å². The second-order valence-electron chi connectivity index (χ2n) is 14.9. The van der Waals surface area contributed by atoms with E-state index in [2.05, 4.69) is 25.1 Å². The molecule has 57 heavy (non-hydrogen) atoms. The van der Waals surface area contributed by atoms with E-state index in [1.807, 2.05) is 102 Å². The molecule has 8 rings (SSSR count). The maximum atomic E-state index is 13.1. The summed E-state index contributed by atoms with van der Waals surface area (Å²) in [5.74, 6) is 2.49. The Bertz CT molecular complexity index is 2380. The number of hydrogen-bond acceptors (Lipinski definition) is 13. The van der Waals surface area contributed by atoms with Crippen molar-refractivity contribution in [2.24, 2.45) is 0 Å². The lowest BCUT2D eigenvalue weighted by molar-refractivity contribution is -0.120. The van der Waals surface area contributed by atoms with Gasteiger partial charge in [-0.05, 0) is 84.9 Å².